The summed E-state index contributed by atoms with van der Waals surface area (Å²) in [5.41, 5.74) is 0.209. The molecule has 4 aromatic rings. The van der Waals surface area contributed by atoms with Crippen LogP contribution < -0.4 is 10.3 Å². The van der Waals surface area contributed by atoms with Gasteiger partial charge < -0.3 is 18.9 Å². The first-order valence-electron chi connectivity index (χ1n) is 8.70. The molecule has 1 N–H and O–H groups in total. The molecule has 0 atom stereocenters. The molecule has 0 saturated carbocycles. The van der Waals surface area contributed by atoms with Crippen molar-refractivity contribution in [2.75, 3.05) is 0 Å². The van der Waals surface area contributed by atoms with Crippen molar-refractivity contribution in [3.63, 3.8) is 0 Å². The number of hydrogen-bond acceptors (Lipinski definition) is 6. The Morgan fingerprint density at radius 3 is 2.66 bits per heavy atom. The normalized spacial score (nSPS) is 10.8. The largest absolute Gasteiger partial charge is 0.486 e. The smallest absolute Gasteiger partial charge is 0.374 e. The molecule has 0 amide bonds. The summed E-state index contributed by atoms with van der Waals surface area (Å²) < 4.78 is 28.9. The molecule has 8 heteroatoms. The quantitative estimate of drug-likeness (QED) is 0.502. The number of H-pyrrole nitrogens is 1. The van der Waals surface area contributed by atoms with Gasteiger partial charge in [0.2, 0.25) is 5.76 Å². The van der Waals surface area contributed by atoms with Crippen LogP contribution in [0.3, 0.4) is 0 Å². The Morgan fingerprint density at radius 1 is 1.03 bits per heavy atom. The van der Waals surface area contributed by atoms with Crippen molar-refractivity contribution in [1.82, 2.24) is 9.97 Å². The van der Waals surface area contributed by atoms with Crippen molar-refractivity contribution in [1.29, 1.82) is 0 Å². The zero-order chi connectivity index (χ0) is 20.2. The number of carbonyl (C=O) groups is 1. The predicted octanol–water partition coefficient (Wildman–Crippen LogP) is 3.59. The summed E-state index contributed by atoms with van der Waals surface area (Å²) >= 11 is 0. The van der Waals surface area contributed by atoms with Gasteiger partial charge in [-0.2, -0.15) is 0 Å². The molecule has 0 spiro atoms. The third kappa shape index (κ3) is 4.32. The van der Waals surface area contributed by atoms with Gasteiger partial charge in [-0.1, -0.05) is 12.1 Å². The molecule has 0 aliphatic rings. The van der Waals surface area contributed by atoms with Crippen molar-refractivity contribution in [2.24, 2.45) is 0 Å². The number of hydrogen-bond donors (Lipinski definition) is 1. The van der Waals surface area contributed by atoms with E-state index in [0.29, 0.717) is 22.4 Å². The maximum atomic E-state index is 12.9. The molecule has 2 heterocycles. The van der Waals surface area contributed by atoms with E-state index in [1.54, 1.807) is 30.3 Å². The van der Waals surface area contributed by atoms with Gasteiger partial charge in [0.15, 0.2) is 0 Å². The topological polar surface area (TPSA) is 94.4 Å². The van der Waals surface area contributed by atoms with E-state index < -0.39 is 5.97 Å². The zero-order valence-electron chi connectivity index (χ0n) is 15.1. The maximum absolute atomic E-state index is 12.9. The summed E-state index contributed by atoms with van der Waals surface area (Å²) in [6.07, 6.45) is 0. The maximum Gasteiger partial charge on any atom is 0.374 e. The molecule has 7 nitrogen and oxygen atoms in total. The minimum absolute atomic E-state index is 0.00848. The highest BCUT2D eigenvalue weighted by Crippen LogP contribution is 2.16. The Hall–Kier alpha value is -3.94. The highest BCUT2D eigenvalue weighted by molar-refractivity contribution is 5.86. The number of benzene rings is 2. The highest BCUT2D eigenvalue weighted by atomic mass is 19.1. The molecular formula is C21H15FN2O5. The molecule has 4 rings (SSSR count). The van der Waals surface area contributed by atoms with Gasteiger partial charge in [0.25, 0.3) is 5.56 Å². The lowest BCUT2D eigenvalue weighted by Crippen LogP contribution is -2.14. The lowest BCUT2D eigenvalue weighted by atomic mass is 10.2. The van der Waals surface area contributed by atoms with Gasteiger partial charge in [-0.25, -0.2) is 14.2 Å². The summed E-state index contributed by atoms with van der Waals surface area (Å²) in [6.45, 7) is -0.139. The van der Waals surface area contributed by atoms with Gasteiger partial charge in [0.1, 0.15) is 36.4 Å². The minimum Gasteiger partial charge on any atom is -0.486 e. The molecule has 2 aromatic carbocycles. The molecule has 29 heavy (non-hydrogen) atoms. The molecule has 2 aromatic heterocycles. The number of nitrogens with one attached hydrogen (secondary N) is 1. The second-order valence-corrected chi connectivity index (χ2v) is 6.11. The SMILES string of the molecule is O=C(OCc1nc2ccccc2c(=O)[nH]1)c1ccc(COc2ccc(F)cc2)o1. The zero-order valence-corrected chi connectivity index (χ0v) is 15.1. The van der Waals surface area contributed by atoms with Crippen molar-refractivity contribution >= 4 is 16.9 Å². The molecule has 0 unspecified atom stereocenters. The number of nitrogens with zero attached hydrogens (tertiary/aromatic N) is 1. The Balaban J connectivity index is 1.37. The van der Waals surface area contributed by atoms with Crippen molar-refractivity contribution in [3.8, 4) is 5.75 Å². The van der Waals surface area contributed by atoms with Crippen LogP contribution in [0, 0.1) is 5.82 Å². The second kappa shape index (κ2) is 7.97. The molecule has 146 valence electrons. The highest BCUT2D eigenvalue weighted by Gasteiger charge is 2.14. The van der Waals surface area contributed by atoms with Crippen LogP contribution in [0.2, 0.25) is 0 Å². The number of furan rings is 1. The van der Waals surface area contributed by atoms with Gasteiger partial charge in [0, 0.05) is 0 Å². The van der Waals surface area contributed by atoms with E-state index in [1.807, 2.05) is 0 Å². The fourth-order valence-electron chi connectivity index (χ4n) is 2.66. The summed E-state index contributed by atoms with van der Waals surface area (Å²) in [6, 6.07) is 15.5. The average Bonchev–Trinajstić information content (AvgIpc) is 3.21. The van der Waals surface area contributed by atoms with E-state index in [1.165, 1.54) is 30.3 Å². The summed E-state index contributed by atoms with van der Waals surface area (Å²) in [7, 11) is 0. The Bertz CT molecular complexity index is 1210. The van der Waals surface area contributed by atoms with E-state index in [2.05, 4.69) is 9.97 Å². The number of ether oxygens (including phenoxy) is 2. The number of rotatable bonds is 6. The molecule has 0 aliphatic heterocycles. The van der Waals surface area contributed by atoms with Gasteiger partial charge in [-0.3, -0.25) is 4.79 Å². The predicted molar refractivity (Wildman–Crippen MR) is 101 cm³/mol. The average molecular weight is 394 g/mol. The van der Waals surface area contributed by atoms with Gasteiger partial charge in [-0.05, 0) is 48.5 Å². The van der Waals surface area contributed by atoms with E-state index >= 15 is 0 Å². The number of fused-ring (bicyclic) bond motifs is 1. The van der Waals surface area contributed by atoms with Crippen LogP contribution in [-0.2, 0) is 18.0 Å². The standard InChI is InChI=1S/C21H15FN2O5/c22-13-5-7-14(8-6-13)27-11-15-9-10-18(29-15)21(26)28-12-19-23-17-4-2-1-3-16(17)20(25)24-19/h1-10H,11-12H2,(H,23,24,25). The van der Waals surface area contributed by atoms with Crippen molar-refractivity contribution < 1.29 is 23.1 Å². The Labute approximate surface area is 163 Å². The molecule has 0 bridgehead atoms. The molecule has 0 fully saturated rings. The van der Waals surface area contributed by atoms with E-state index in [9.17, 15) is 14.0 Å². The first-order valence-corrected chi connectivity index (χ1v) is 8.70. The number of esters is 1. The Morgan fingerprint density at radius 2 is 1.83 bits per heavy atom. The van der Waals surface area contributed by atoms with Gasteiger partial charge >= 0.3 is 5.97 Å². The van der Waals surface area contributed by atoms with Gasteiger partial charge in [0.05, 0.1) is 10.9 Å². The van der Waals surface area contributed by atoms with Crippen LogP contribution in [0.4, 0.5) is 4.39 Å². The first kappa shape index (κ1) is 18.4. The molecular weight excluding hydrogens is 379 g/mol. The number of para-hydroxylation sites is 1. The summed E-state index contributed by atoms with van der Waals surface area (Å²) in [5, 5.41) is 0.458. The fraction of sp³-hybridized carbons (Fsp3) is 0.0952. The number of carbonyl (C=O) groups excluding carboxylic acids is 1. The van der Waals surface area contributed by atoms with Crippen LogP contribution in [0.1, 0.15) is 22.1 Å². The first-order chi connectivity index (χ1) is 14.1. The summed E-state index contributed by atoms with van der Waals surface area (Å²) in [5.74, 6) is 0.0348. The monoisotopic (exact) mass is 394 g/mol. The summed E-state index contributed by atoms with van der Waals surface area (Å²) in [4.78, 5) is 31.1. The van der Waals surface area contributed by atoms with Crippen LogP contribution in [0.5, 0.6) is 5.75 Å². The van der Waals surface area contributed by atoms with Crippen molar-refractivity contribution in [2.45, 2.75) is 13.2 Å². The fourth-order valence-corrected chi connectivity index (χ4v) is 2.66. The van der Waals surface area contributed by atoms with Crippen LogP contribution in [0.15, 0.2) is 69.9 Å². The van der Waals surface area contributed by atoms with E-state index in [0.717, 1.165) is 0 Å². The lowest BCUT2D eigenvalue weighted by Gasteiger charge is -2.05. The number of aromatic nitrogens is 2. The number of halogens is 1. The van der Waals surface area contributed by atoms with E-state index in [4.69, 9.17) is 13.9 Å². The molecule has 0 aliphatic carbocycles. The van der Waals surface area contributed by atoms with Crippen molar-refractivity contribution in [3.05, 3.63) is 94.2 Å². The Kier molecular flexibility index (Phi) is 5.07. The van der Waals surface area contributed by atoms with Gasteiger partial charge in [-0.15, -0.1) is 0 Å². The third-order valence-corrected chi connectivity index (χ3v) is 4.06. The lowest BCUT2D eigenvalue weighted by molar-refractivity contribution is 0.0422. The third-order valence-electron chi connectivity index (χ3n) is 4.06. The van der Waals surface area contributed by atoms with E-state index in [-0.39, 0.29) is 36.2 Å². The molecule has 0 saturated heterocycles. The van der Waals surface area contributed by atoms with Crippen LogP contribution in [0.25, 0.3) is 10.9 Å². The number of aromatic amines is 1. The second-order valence-electron chi connectivity index (χ2n) is 6.11. The minimum atomic E-state index is -0.700. The molecule has 0 radical (unpaired) electrons. The van der Waals surface area contributed by atoms with Crippen LogP contribution in [-0.4, -0.2) is 15.9 Å². The van der Waals surface area contributed by atoms with Crippen LogP contribution >= 0.6 is 0 Å².